The van der Waals surface area contributed by atoms with Crippen molar-refractivity contribution in [3.63, 3.8) is 0 Å². The SMILES string of the molecule is [CH-]=CC(C)C.[Li+]. The molecule has 0 spiro atoms. The average molecular weight is 76.1 g/mol. The van der Waals surface area contributed by atoms with Crippen molar-refractivity contribution in [3.05, 3.63) is 12.7 Å². The molecule has 30 valence electrons. The number of hydrogen-bond acceptors (Lipinski definition) is 0. The second-order valence-corrected chi connectivity index (χ2v) is 1.44. The maximum absolute atomic E-state index is 5.05. The van der Waals surface area contributed by atoms with Crippen molar-refractivity contribution < 1.29 is 18.9 Å². The topological polar surface area (TPSA) is 0 Å². The van der Waals surface area contributed by atoms with Crippen molar-refractivity contribution in [1.29, 1.82) is 0 Å². The van der Waals surface area contributed by atoms with Gasteiger partial charge in [0, 0.05) is 0 Å². The molecular weight excluding hydrogens is 67.0 g/mol. The van der Waals surface area contributed by atoms with Crippen LogP contribution in [0.15, 0.2) is 6.08 Å². The minimum atomic E-state index is 0. The summed E-state index contributed by atoms with van der Waals surface area (Å²) in [5.41, 5.74) is 0. The summed E-state index contributed by atoms with van der Waals surface area (Å²) in [6.45, 7) is 9.13. The van der Waals surface area contributed by atoms with E-state index in [0.29, 0.717) is 5.92 Å². The second-order valence-electron chi connectivity index (χ2n) is 1.44. The molecule has 0 aliphatic rings. The van der Waals surface area contributed by atoms with Gasteiger partial charge in [0.1, 0.15) is 0 Å². The fraction of sp³-hybridized carbons (Fsp3) is 0.600. The van der Waals surface area contributed by atoms with E-state index in [9.17, 15) is 0 Å². The Morgan fingerprint density at radius 3 is 1.67 bits per heavy atom. The van der Waals surface area contributed by atoms with Crippen LogP contribution in [0.4, 0.5) is 0 Å². The Hall–Kier alpha value is 0.337. The van der Waals surface area contributed by atoms with Crippen LogP contribution in [0.3, 0.4) is 0 Å². The number of allylic oxidation sites excluding steroid dienone is 1. The molecule has 0 aliphatic carbocycles. The van der Waals surface area contributed by atoms with Crippen molar-refractivity contribution >= 4 is 0 Å². The van der Waals surface area contributed by atoms with E-state index in [0.717, 1.165) is 0 Å². The Labute approximate surface area is 51.8 Å². The maximum atomic E-state index is 5.05. The Morgan fingerprint density at radius 2 is 1.67 bits per heavy atom. The predicted octanol–water partition coefficient (Wildman–Crippen LogP) is -1.36. The van der Waals surface area contributed by atoms with Crippen LogP contribution in [0.5, 0.6) is 0 Å². The molecule has 0 aromatic carbocycles. The molecular formula is C5H9Li. The first-order valence-corrected chi connectivity index (χ1v) is 1.82. The molecule has 0 amide bonds. The molecule has 0 saturated heterocycles. The van der Waals surface area contributed by atoms with E-state index in [1.54, 1.807) is 6.08 Å². The van der Waals surface area contributed by atoms with E-state index in [1.807, 2.05) is 13.8 Å². The van der Waals surface area contributed by atoms with E-state index < -0.39 is 0 Å². The van der Waals surface area contributed by atoms with Crippen LogP contribution in [0, 0.1) is 12.5 Å². The van der Waals surface area contributed by atoms with Gasteiger partial charge in [-0.1, -0.05) is 19.8 Å². The molecule has 0 unspecified atom stereocenters. The second kappa shape index (κ2) is 5.34. The van der Waals surface area contributed by atoms with Gasteiger partial charge in [-0.2, -0.15) is 0 Å². The average Bonchev–Trinajstić information content (AvgIpc) is 1.38. The molecule has 0 aromatic rings. The van der Waals surface area contributed by atoms with E-state index in [4.69, 9.17) is 6.58 Å². The van der Waals surface area contributed by atoms with Gasteiger partial charge in [0.15, 0.2) is 0 Å². The van der Waals surface area contributed by atoms with Crippen LogP contribution in [-0.2, 0) is 0 Å². The van der Waals surface area contributed by atoms with Gasteiger partial charge in [-0.05, 0) is 0 Å². The minimum absolute atomic E-state index is 0. The first kappa shape index (κ1) is 9.60. The summed E-state index contributed by atoms with van der Waals surface area (Å²) in [6.07, 6.45) is 1.67. The smallest absolute Gasteiger partial charge is 0.518 e. The van der Waals surface area contributed by atoms with Gasteiger partial charge in [-0.15, -0.1) is 0 Å². The Bertz CT molecular complexity index is 30.9. The van der Waals surface area contributed by atoms with Crippen molar-refractivity contribution in [2.45, 2.75) is 13.8 Å². The Balaban J connectivity index is 0. The van der Waals surface area contributed by atoms with Crippen LogP contribution in [0.1, 0.15) is 13.8 Å². The zero-order chi connectivity index (χ0) is 4.28. The van der Waals surface area contributed by atoms with Crippen LogP contribution in [-0.4, -0.2) is 0 Å². The summed E-state index contributed by atoms with van der Waals surface area (Å²) in [6, 6.07) is 0. The fourth-order valence-corrected chi connectivity index (χ4v) is 0. The molecule has 0 aliphatic heterocycles. The molecule has 0 fully saturated rings. The third-order valence-corrected chi connectivity index (χ3v) is 0.385. The summed E-state index contributed by atoms with van der Waals surface area (Å²) >= 11 is 0. The van der Waals surface area contributed by atoms with E-state index in [-0.39, 0.29) is 18.9 Å². The molecule has 0 rings (SSSR count). The maximum Gasteiger partial charge on any atom is 1.00 e. The molecule has 0 aromatic heterocycles. The number of hydrogen-bond donors (Lipinski definition) is 0. The molecule has 0 saturated carbocycles. The van der Waals surface area contributed by atoms with Gasteiger partial charge in [0.2, 0.25) is 0 Å². The molecule has 0 radical (unpaired) electrons. The number of rotatable bonds is 1. The first-order chi connectivity index (χ1) is 2.27. The zero-order valence-electron chi connectivity index (χ0n) is 4.73. The molecule has 6 heavy (non-hydrogen) atoms. The van der Waals surface area contributed by atoms with Gasteiger partial charge in [-0.25, -0.2) is 0 Å². The molecule has 0 atom stereocenters. The first-order valence-electron chi connectivity index (χ1n) is 1.82. The van der Waals surface area contributed by atoms with E-state index in [1.165, 1.54) is 0 Å². The molecule has 1 heteroatoms. The summed E-state index contributed by atoms with van der Waals surface area (Å²) in [5.74, 6) is 0.537. The van der Waals surface area contributed by atoms with Crippen LogP contribution in [0.2, 0.25) is 0 Å². The van der Waals surface area contributed by atoms with Gasteiger partial charge in [0.25, 0.3) is 0 Å². The standard InChI is InChI=1S/C5H9.Li/c1-4-5(2)3;/h1,4-5H,2-3H3;/q-1;+1. The monoisotopic (exact) mass is 76.1 g/mol. The molecule has 0 N–H and O–H groups in total. The van der Waals surface area contributed by atoms with Crippen molar-refractivity contribution in [1.82, 2.24) is 0 Å². The third-order valence-electron chi connectivity index (χ3n) is 0.385. The Morgan fingerprint density at radius 1 is 1.50 bits per heavy atom. The molecule has 0 bridgehead atoms. The van der Waals surface area contributed by atoms with Gasteiger partial charge in [0.05, 0.1) is 0 Å². The van der Waals surface area contributed by atoms with Crippen molar-refractivity contribution in [3.8, 4) is 0 Å². The molecule has 0 nitrogen and oxygen atoms in total. The Kier molecular flexibility index (Phi) is 8.54. The molecule has 0 heterocycles. The quantitative estimate of drug-likeness (QED) is 0.267. The largest absolute Gasteiger partial charge is 1.00 e. The van der Waals surface area contributed by atoms with Crippen molar-refractivity contribution in [2.24, 2.45) is 5.92 Å². The van der Waals surface area contributed by atoms with Gasteiger partial charge < -0.3 is 6.58 Å². The van der Waals surface area contributed by atoms with Crippen molar-refractivity contribution in [2.75, 3.05) is 0 Å². The van der Waals surface area contributed by atoms with Crippen LogP contribution < -0.4 is 18.9 Å². The summed E-state index contributed by atoms with van der Waals surface area (Å²) < 4.78 is 0. The normalized spacial score (nSPS) is 7.17. The fourth-order valence-electron chi connectivity index (χ4n) is 0. The minimum Gasteiger partial charge on any atom is -0.518 e. The summed E-state index contributed by atoms with van der Waals surface area (Å²) in [7, 11) is 0. The predicted molar refractivity (Wildman–Crippen MR) is 23.7 cm³/mol. The third kappa shape index (κ3) is 8.84. The van der Waals surface area contributed by atoms with Crippen LogP contribution >= 0.6 is 0 Å². The summed E-state index contributed by atoms with van der Waals surface area (Å²) in [5, 5.41) is 0. The summed E-state index contributed by atoms with van der Waals surface area (Å²) in [4.78, 5) is 0. The zero-order valence-corrected chi connectivity index (χ0v) is 4.73. The van der Waals surface area contributed by atoms with Gasteiger partial charge >= 0.3 is 18.9 Å². The van der Waals surface area contributed by atoms with Gasteiger partial charge in [-0.3, -0.25) is 6.08 Å². The van der Waals surface area contributed by atoms with Crippen LogP contribution in [0.25, 0.3) is 0 Å². The van der Waals surface area contributed by atoms with E-state index in [2.05, 4.69) is 0 Å². The van der Waals surface area contributed by atoms with E-state index >= 15 is 0 Å².